The van der Waals surface area contributed by atoms with Crippen LogP contribution in [0.3, 0.4) is 0 Å². The number of aromatic nitrogens is 2. The predicted molar refractivity (Wildman–Crippen MR) is 72.3 cm³/mol. The van der Waals surface area contributed by atoms with Crippen LogP contribution in [0.25, 0.3) is 0 Å². The summed E-state index contributed by atoms with van der Waals surface area (Å²) in [6, 6.07) is 5.23. The summed E-state index contributed by atoms with van der Waals surface area (Å²) in [4.78, 5) is 6.83. The highest BCUT2D eigenvalue weighted by Crippen LogP contribution is 2.22. The SMILES string of the molecule is Cc1ccc(C(C)NC(C)Cn2ccnc2)s1. The number of rotatable bonds is 5. The van der Waals surface area contributed by atoms with Crippen molar-refractivity contribution in [3.63, 3.8) is 0 Å². The molecule has 17 heavy (non-hydrogen) atoms. The van der Waals surface area contributed by atoms with E-state index in [9.17, 15) is 0 Å². The number of hydrogen-bond acceptors (Lipinski definition) is 3. The van der Waals surface area contributed by atoms with Crippen molar-refractivity contribution in [2.45, 2.75) is 39.4 Å². The average Bonchev–Trinajstić information content (AvgIpc) is 2.89. The zero-order valence-corrected chi connectivity index (χ0v) is 11.4. The molecule has 2 unspecified atom stereocenters. The Labute approximate surface area is 107 Å². The highest BCUT2D eigenvalue weighted by molar-refractivity contribution is 7.12. The molecule has 2 heterocycles. The van der Waals surface area contributed by atoms with Gasteiger partial charge in [-0.15, -0.1) is 11.3 Å². The lowest BCUT2D eigenvalue weighted by Crippen LogP contribution is -2.32. The number of aryl methyl sites for hydroxylation is 1. The van der Waals surface area contributed by atoms with Gasteiger partial charge < -0.3 is 9.88 Å². The van der Waals surface area contributed by atoms with E-state index in [0.717, 1.165) is 6.54 Å². The Bertz CT molecular complexity index is 447. The molecule has 92 valence electrons. The number of imidazole rings is 1. The van der Waals surface area contributed by atoms with Gasteiger partial charge in [-0.25, -0.2) is 4.98 Å². The summed E-state index contributed by atoms with van der Waals surface area (Å²) in [5.74, 6) is 0. The van der Waals surface area contributed by atoms with E-state index in [1.165, 1.54) is 9.75 Å². The first kappa shape index (κ1) is 12.3. The van der Waals surface area contributed by atoms with Crippen LogP contribution in [0.1, 0.15) is 29.6 Å². The molecule has 3 nitrogen and oxygen atoms in total. The van der Waals surface area contributed by atoms with Crippen LogP contribution < -0.4 is 5.32 Å². The fourth-order valence-electron chi connectivity index (χ4n) is 1.96. The fourth-order valence-corrected chi connectivity index (χ4v) is 2.85. The molecular weight excluding hydrogens is 230 g/mol. The summed E-state index contributed by atoms with van der Waals surface area (Å²) in [5, 5.41) is 3.61. The van der Waals surface area contributed by atoms with Crippen molar-refractivity contribution >= 4 is 11.3 Å². The van der Waals surface area contributed by atoms with Crippen molar-refractivity contribution in [3.8, 4) is 0 Å². The third-order valence-electron chi connectivity index (χ3n) is 2.77. The lowest BCUT2D eigenvalue weighted by Gasteiger charge is -2.19. The lowest BCUT2D eigenvalue weighted by molar-refractivity contribution is 0.433. The summed E-state index contributed by atoms with van der Waals surface area (Å²) in [6.45, 7) is 7.52. The molecule has 1 N–H and O–H groups in total. The molecule has 0 aliphatic carbocycles. The van der Waals surface area contributed by atoms with Gasteiger partial charge in [-0.3, -0.25) is 0 Å². The summed E-state index contributed by atoms with van der Waals surface area (Å²) in [5.41, 5.74) is 0. The van der Waals surface area contributed by atoms with Crippen LogP contribution in [0.2, 0.25) is 0 Å². The maximum atomic E-state index is 4.05. The first-order valence-electron chi connectivity index (χ1n) is 5.93. The van der Waals surface area contributed by atoms with Crippen molar-refractivity contribution < 1.29 is 0 Å². The van der Waals surface area contributed by atoms with E-state index in [4.69, 9.17) is 0 Å². The van der Waals surface area contributed by atoms with E-state index in [1.54, 1.807) is 0 Å². The second kappa shape index (κ2) is 5.47. The monoisotopic (exact) mass is 249 g/mol. The molecule has 2 aromatic rings. The minimum Gasteiger partial charge on any atom is -0.336 e. The second-order valence-corrected chi connectivity index (χ2v) is 5.82. The van der Waals surface area contributed by atoms with Gasteiger partial charge in [0.05, 0.1) is 6.33 Å². The average molecular weight is 249 g/mol. The van der Waals surface area contributed by atoms with Crippen LogP contribution in [-0.4, -0.2) is 15.6 Å². The highest BCUT2D eigenvalue weighted by Gasteiger charge is 2.11. The number of thiophene rings is 1. The third kappa shape index (κ3) is 3.41. The molecule has 0 aliphatic rings. The molecule has 0 bridgehead atoms. The minimum absolute atomic E-state index is 0.409. The van der Waals surface area contributed by atoms with Crippen LogP contribution in [0.5, 0.6) is 0 Å². The van der Waals surface area contributed by atoms with E-state index in [1.807, 2.05) is 30.1 Å². The van der Waals surface area contributed by atoms with Crippen molar-refractivity contribution in [2.24, 2.45) is 0 Å². The highest BCUT2D eigenvalue weighted by atomic mass is 32.1. The molecule has 0 spiro atoms. The molecular formula is C13H19N3S. The van der Waals surface area contributed by atoms with E-state index in [-0.39, 0.29) is 0 Å². The van der Waals surface area contributed by atoms with Crippen molar-refractivity contribution in [2.75, 3.05) is 0 Å². The quantitative estimate of drug-likeness (QED) is 0.883. The molecule has 0 aromatic carbocycles. The molecule has 0 radical (unpaired) electrons. The smallest absolute Gasteiger partial charge is 0.0946 e. The summed E-state index contributed by atoms with van der Waals surface area (Å²) >= 11 is 1.86. The van der Waals surface area contributed by atoms with Gasteiger partial charge >= 0.3 is 0 Å². The van der Waals surface area contributed by atoms with E-state index in [0.29, 0.717) is 12.1 Å². The number of hydrogen-bond donors (Lipinski definition) is 1. The lowest BCUT2D eigenvalue weighted by atomic mass is 10.2. The first-order valence-corrected chi connectivity index (χ1v) is 6.75. The Balaban J connectivity index is 1.88. The van der Waals surface area contributed by atoms with Gasteiger partial charge in [0.25, 0.3) is 0 Å². The summed E-state index contributed by atoms with van der Waals surface area (Å²) in [7, 11) is 0. The van der Waals surface area contributed by atoms with Crippen LogP contribution in [-0.2, 0) is 6.54 Å². The van der Waals surface area contributed by atoms with Crippen molar-refractivity contribution in [3.05, 3.63) is 40.6 Å². The molecule has 2 aromatic heterocycles. The topological polar surface area (TPSA) is 29.9 Å². The molecule has 0 saturated heterocycles. The molecule has 2 rings (SSSR count). The van der Waals surface area contributed by atoms with Gasteiger partial charge in [-0.1, -0.05) is 0 Å². The van der Waals surface area contributed by atoms with Gasteiger partial charge in [0, 0.05) is 40.8 Å². The van der Waals surface area contributed by atoms with Gasteiger partial charge in [-0.2, -0.15) is 0 Å². The van der Waals surface area contributed by atoms with Crippen LogP contribution in [0, 0.1) is 6.92 Å². The van der Waals surface area contributed by atoms with E-state index < -0.39 is 0 Å². The Morgan fingerprint density at radius 3 is 2.82 bits per heavy atom. The molecule has 0 aliphatic heterocycles. The molecule has 4 heteroatoms. The van der Waals surface area contributed by atoms with Gasteiger partial charge in [-0.05, 0) is 32.9 Å². The standard InChI is InChI=1S/C13H19N3S/c1-10(8-16-7-6-14-9-16)15-12(3)13-5-4-11(2)17-13/h4-7,9-10,12,15H,8H2,1-3H3. The number of nitrogens with one attached hydrogen (secondary N) is 1. The van der Waals surface area contributed by atoms with Crippen LogP contribution in [0.15, 0.2) is 30.9 Å². The van der Waals surface area contributed by atoms with Gasteiger partial charge in [0.2, 0.25) is 0 Å². The zero-order chi connectivity index (χ0) is 12.3. The summed E-state index contributed by atoms with van der Waals surface area (Å²) < 4.78 is 2.10. The zero-order valence-electron chi connectivity index (χ0n) is 10.6. The first-order chi connectivity index (χ1) is 8.15. The molecule has 0 fully saturated rings. The van der Waals surface area contributed by atoms with Crippen LogP contribution >= 0.6 is 11.3 Å². The van der Waals surface area contributed by atoms with Gasteiger partial charge in [0.1, 0.15) is 0 Å². The Hall–Kier alpha value is -1.13. The minimum atomic E-state index is 0.409. The van der Waals surface area contributed by atoms with Crippen molar-refractivity contribution in [1.29, 1.82) is 0 Å². The maximum Gasteiger partial charge on any atom is 0.0946 e. The van der Waals surface area contributed by atoms with E-state index >= 15 is 0 Å². The molecule has 0 saturated carbocycles. The molecule has 2 atom stereocenters. The van der Waals surface area contributed by atoms with Gasteiger partial charge in [0.15, 0.2) is 0 Å². The Kier molecular flexibility index (Phi) is 3.97. The largest absolute Gasteiger partial charge is 0.336 e. The maximum absolute atomic E-state index is 4.05. The number of nitrogens with zero attached hydrogens (tertiary/aromatic N) is 2. The molecule has 0 amide bonds. The Morgan fingerprint density at radius 1 is 1.41 bits per heavy atom. The normalized spacial score (nSPS) is 14.8. The predicted octanol–water partition coefficient (Wildman–Crippen LogP) is 2.99. The Morgan fingerprint density at radius 2 is 2.24 bits per heavy atom. The van der Waals surface area contributed by atoms with Crippen LogP contribution in [0.4, 0.5) is 0 Å². The fraction of sp³-hybridized carbons (Fsp3) is 0.462. The van der Waals surface area contributed by atoms with E-state index in [2.05, 4.69) is 47.8 Å². The summed E-state index contributed by atoms with van der Waals surface area (Å²) in [6.07, 6.45) is 5.68. The second-order valence-electron chi connectivity index (χ2n) is 4.50. The third-order valence-corrected chi connectivity index (χ3v) is 3.95. The van der Waals surface area contributed by atoms with Crippen molar-refractivity contribution in [1.82, 2.24) is 14.9 Å².